The van der Waals surface area contributed by atoms with Gasteiger partial charge in [-0.3, -0.25) is 0 Å². The number of aromatic nitrogens is 1. The van der Waals surface area contributed by atoms with Crippen molar-refractivity contribution < 1.29 is 8.94 Å². The first-order valence-corrected chi connectivity index (χ1v) is 9.21. The Morgan fingerprint density at radius 3 is 2.69 bits per heavy atom. The summed E-state index contributed by atoms with van der Waals surface area (Å²) in [6, 6.07) is 10.1. The van der Waals surface area contributed by atoms with E-state index in [9.17, 15) is 0 Å². The molecule has 0 bridgehead atoms. The van der Waals surface area contributed by atoms with Gasteiger partial charge in [0, 0.05) is 23.9 Å². The Morgan fingerprint density at radius 1 is 1.12 bits per heavy atom. The number of furan rings is 1. The number of hydrogen-bond donors (Lipinski definition) is 2. The predicted octanol–water partition coefficient (Wildman–Crippen LogP) is 3.80. The van der Waals surface area contributed by atoms with E-state index in [1.54, 1.807) is 0 Å². The lowest BCUT2D eigenvalue weighted by Gasteiger charge is -2.10. The molecule has 3 rings (SSSR count). The number of aryl methyl sites for hydroxylation is 2. The van der Waals surface area contributed by atoms with Crippen molar-refractivity contribution in [3.05, 3.63) is 53.1 Å². The van der Waals surface area contributed by atoms with E-state index in [0.29, 0.717) is 13.1 Å². The van der Waals surface area contributed by atoms with Crippen LogP contribution >= 0.6 is 0 Å². The van der Waals surface area contributed by atoms with E-state index in [1.165, 1.54) is 0 Å². The van der Waals surface area contributed by atoms with Crippen molar-refractivity contribution in [1.82, 2.24) is 15.8 Å². The van der Waals surface area contributed by atoms with E-state index >= 15 is 0 Å². The Bertz CT molecular complexity index is 824. The minimum atomic E-state index is 0.547. The fourth-order valence-electron chi connectivity index (χ4n) is 2.91. The first-order chi connectivity index (χ1) is 12.7. The van der Waals surface area contributed by atoms with E-state index < -0.39 is 0 Å². The van der Waals surface area contributed by atoms with Gasteiger partial charge in [0.2, 0.25) is 0 Å². The first-order valence-electron chi connectivity index (χ1n) is 9.21. The third-order valence-electron chi connectivity index (χ3n) is 4.25. The first kappa shape index (κ1) is 18.0. The van der Waals surface area contributed by atoms with Crippen LogP contribution in [0.3, 0.4) is 0 Å². The van der Waals surface area contributed by atoms with Crippen LogP contribution in [0.1, 0.15) is 43.5 Å². The summed E-state index contributed by atoms with van der Waals surface area (Å²) < 4.78 is 11.3. The minimum absolute atomic E-state index is 0.547. The molecule has 0 spiro atoms. The quantitative estimate of drug-likeness (QED) is 0.498. The molecule has 0 saturated heterocycles. The summed E-state index contributed by atoms with van der Waals surface area (Å²) in [5.74, 6) is 2.54. The summed E-state index contributed by atoms with van der Waals surface area (Å²) in [5.41, 5.74) is 2.98. The number of nitrogens with zero attached hydrogens (tertiary/aromatic N) is 2. The molecule has 2 aromatic heterocycles. The number of benzene rings is 1. The molecule has 0 aliphatic carbocycles. The van der Waals surface area contributed by atoms with Gasteiger partial charge in [-0.25, -0.2) is 4.99 Å². The molecule has 6 nitrogen and oxygen atoms in total. The highest BCUT2D eigenvalue weighted by Gasteiger charge is 2.13. The second kappa shape index (κ2) is 8.56. The summed E-state index contributed by atoms with van der Waals surface area (Å²) in [4.78, 5) is 4.69. The van der Waals surface area contributed by atoms with Crippen LogP contribution in [0, 0.1) is 0 Å². The zero-order valence-corrected chi connectivity index (χ0v) is 15.6. The van der Waals surface area contributed by atoms with Crippen molar-refractivity contribution in [2.75, 3.05) is 6.54 Å². The molecule has 0 amide bonds. The maximum atomic E-state index is 5.85. The van der Waals surface area contributed by atoms with Crippen LogP contribution in [0.15, 0.2) is 44.3 Å². The standard InChI is InChI=1S/C20H26N4O2/c1-4-17-16(18(5-2)26-24-17)13-23-20(21-6-3)22-12-15-11-14-9-7-8-10-19(14)25-15/h7-11H,4-6,12-13H2,1-3H3,(H2,21,22,23). The maximum absolute atomic E-state index is 5.85. The van der Waals surface area contributed by atoms with Crippen molar-refractivity contribution in [3.63, 3.8) is 0 Å². The average Bonchev–Trinajstić information content (AvgIpc) is 3.26. The molecular formula is C20H26N4O2. The summed E-state index contributed by atoms with van der Waals surface area (Å²) in [7, 11) is 0. The average molecular weight is 354 g/mol. The van der Waals surface area contributed by atoms with Crippen LogP contribution in [-0.2, 0) is 25.9 Å². The van der Waals surface area contributed by atoms with Gasteiger partial charge in [0.25, 0.3) is 0 Å². The molecule has 2 heterocycles. The number of nitrogens with one attached hydrogen (secondary N) is 2. The third kappa shape index (κ3) is 4.07. The van der Waals surface area contributed by atoms with Crippen LogP contribution in [0.2, 0.25) is 0 Å². The topological polar surface area (TPSA) is 75.6 Å². The second-order valence-corrected chi connectivity index (χ2v) is 6.04. The van der Waals surface area contributed by atoms with E-state index in [2.05, 4.69) is 35.7 Å². The lowest BCUT2D eigenvalue weighted by atomic mass is 10.1. The number of fused-ring (bicyclic) bond motifs is 1. The van der Waals surface area contributed by atoms with Gasteiger partial charge in [0.05, 0.1) is 18.8 Å². The lowest BCUT2D eigenvalue weighted by Crippen LogP contribution is -2.36. The second-order valence-electron chi connectivity index (χ2n) is 6.04. The molecule has 3 aromatic rings. The number of guanidine groups is 1. The number of rotatable bonds is 7. The van der Waals surface area contributed by atoms with E-state index in [1.807, 2.05) is 31.2 Å². The number of para-hydroxylation sites is 1. The highest BCUT2D eigenvalue weighted by molar-refractivity contribution is 5.80. The molecule has 0 unspecified atom stereocenters. The fraction of sp³-hybridized carbons (Fsp3) is 0.400. The van der Waals surface area contributed by atoms with Crippen molar-refractivity contribution in [2.45, 2.75) is 46.7 Å². The van der Waals surface area contributed by atoms with Crippen LogP contribution in [-0.4, -0.2) is 17.7 Å². The molecule has 0 saturated carbocycles. The molecule has 0 atom stereocenters. The largest absolute Gasteiger partial charge is 0.459 e. The Labute approximate surface area is 153 Å². The molecule has 2 N–H and O–H groups in total. The molecule has 0 aliphatic heterocycles. The Balaban J connectivity index is 1.70. The van der Waals surface area contributed by atoms with Gasteiger partial charge in [0.15, 0.2) is 5.96 Å². The predicted molar refractivity (Wildman–Crippen MR) is 103 cm³/mol. The zero-order chi connectivity index (χ0) is 18.4. The Hall–Kier alpha value is -2.76. The number of aliphatic imine (C=N–C) groups is 1. The van der Waals surface area contributed by atoms with Crippen LogP contribution in [0.5, 0.6) is 0 Å². The molecule has 0 radical (unpaired) electrons. The van der Waals surface area contributed by atoms with Gasteiger partial charge >= 0.3 is 0 Å². The summed E-state index contributed by atoms with van der Waals surface area (Å²) in [6.45, 7) is 8.11. The highest BCUT2D eigenvalue weighted by Crippen LogP contribution is 2.19. The Kier molecular flexibility index (Phi) is 5.94. The molecule has 1 aromatic carbocycles. The van der Waals surface area contributed by atoms with Gasteiger partial charge in [-0.1, -0.05) is 37.2 Å². The summed E-state index contributed by atoms with van der Waals surface area (Å²) in [5, 5.41) is 11.9. The fourth-order valence-corrected chi connectivity index (χ4v) is 2.91. The van der Waals surface area contributed by atoms with E-state index in [4.69, 9.17) is 13.9 Å². The molecule has 26 heavy (non-hydrogen) atoms. The van der Waals surface area contributed by atoms with Crippen LogP contribution in [0.4, 0.5) is 0 Å². The Morgan fingerprint density at radius 2 is 1.96 bits per heavy atom. The van der Waals surface area contributed by atoms with Crippen molar-refractivity contribution in [2.24, 2.45) is 4.99 Å². The summed E-state index contributed by atoms with van der Waals surface area (Å²) >= 11 is 0. The normalized spacial score (nSPS) is 11.9. The van der Waals surface area contributed by atoms with Gasteiger partial charge in [-0.15, -0.1) is 0 Å². The highest BCUT2D eigenvalue weighted by atomic mass is 16.5. The van der Waals surface area contributed by atoms with Crippen molar-refractivity contribution in [1.29, 1.82) is 0 Å². The molecule has 6 heteroatoms. The SMILES string of the molecule is CCNC(=NCc1c(CC)noc1CC)NCc1cc2ccccc2o1. The lowest BCUT2D eigenvalue weighted by molar-refractivity contribution is 0.380. The van der Waals surface area contributed by atoms with Gasteiger partial charge in [-0.05, 0) is 25.5 Å². The molecule has 0 fully saturated rings. The van der Waals surface area contributed by atoms with E-state index in [0.717, 1.165) is 59.1 Å². The monoisotopic (exact) mass is 354 g/mol. The maximum Gasteiger partial charge on any atom is 0.191 e. The van der Waals surface area contributed by atoms with Crippen LogP contribution in [0.25, 0.3) is 11.0 Å². The number of hydrogen-bond acceptors (Lipinski definition) is 4. The van der Waals surface area contributed by atoms with Crippen molar-refractivity contribution in [3.8, 4) is 0 Å². The minimum Gasteiger partial charge on any atom is -0.459 e. The summed E-state index contributed by atoms with van der Waals surface area (Å²) in [6.07, 6.45) is 1.66. The molecule has 138 valence electrons. The third-order valence-corrected chi connectivity index (χ3v) is 4.25. The zero-order valence-electron chi connectivity index (χ0n) is 15.6. The van der Waals surface area contributed by atoms with Gasteiger partial charge in [-0.2, -0.15) is 0 Å². The van der Waals surface area contributed by atoms with Crippen molar-refractivity contribution >= 4 is 16.9 Å². The molecular weight excluding hydrogens is 328 g/mol. The van der Waals surface area contributed by atoms with Gasteiger partial charge in [0.1, 0.15) is 17.1 Å². The van der Waals surface area contributed by atoms with Gasteiger partial charge < -0.3 is 19.6 Å². The smallest absolute Gasteiger partial charge is 0.191 e. The molecule has 0 aliphatic rings. The van der Waals surface area contributed by atoms with Crippen LogP contribution < -0.4 is 10.6 Å². The van der Waals surface area contributed by atoms with E-state index in [-0.39, 0.29) is 0 Å².